The Morgan fingerprint density at radius 3 is 2.81 bits per heavy atom. The fourth-order valence-corrected chi connectivity index (χ4v) is 2.41. The number of urea groups is 1. The summed E-state index contributed by atoms with van der Waals surface area (Å²) in [6, 6.07) is 3.37. The van der Waals surface area contributed by atoms with E-state index in [4.69, 9.17) is 11.5 Å². The Balaban J connectivity index is 2.58. The van der Waals surface area contributed by atoms with Crippen LogP contribution in [0.4, 0.5) is 10.7 Å². The number of nitrogens with one attached hydrogen (secondary N) is 3. The lowest BCUT2D eigenvalue weighted by Gasteiger charge is -2.07. The minimum Gasteiger partial charge on any atom is -0.405 e. The van der Waals surface area contributed by atoms with Crippen molar-refractivity contribution in [1.29, 1.82) is 0 Å². The van der Waals surface area contributed by atoms with Crippen LogP contribution in [0.5, 0.6) is 0 Å². The molecule has 2 aromatic rings. The van der Waals surface area contributed by atoms with Crippen LogP contribution in [0.15, 0.2) is 54.8 Å². The molecule has 2 amide bonds. The second-order valence-corrected chi connectivity index (χ2v) is 5.42. The van der Waals surface area contributed by atoms with E-state index < -0.39 is 0 Å². The van der Waals surface area contributed by atoms with Gasteiger partial charge in [-0.25, -0.2) is 9.78 Å². The van der Waals surface area contributed by atoms with E-state index in [0.717, 1.165) is 11.1 Å². The number of nitrogens with zero attached hydrogens (tertiary/aromatic N) is 2. The van der Waals surface area contributed by atoms with E-state index in [0.29, 0.717) is 34.8 Å². The van der Waals surface area contributed by atoms with Crippen LogP contribution in [-0.2, 0) is 0 Å². The zero-order chi connectivity index (χ0) is 19.8. The molecule has 0 aliphatic rings. The highest BCUT2D eigenvalue weighted by Gasteiger charge is 2.14. The summed E-state index contributed by atoms with van der Waals surface area (Å²) in [5.74, 6) is 0.310. The molecule has 0 saturated heterocycles. The fraction of sp³-hybridized carbons (Fsp3) is 0.105. The first-order valence-electron chi connectivity index (χ1n) is 8.27. The Bertz CT molecular complexity index is 950. The molecule has 27 heavy (non-hydrogen) atoms. The third-order valence-electron chi connectivity index (χ3n) is 3.63. The largest absolute Gasteiger partial charge is 0.405 e. The van der Waals surface area contributed by atoms with E-state index in [9.17, 15) is 4.79 Å². The fourth-order valence-electron chi connectivity index (χ4n) is 2.41. The van der Waals surface area contributed by atoms with Crippen molar-refractivity contribution in [2.24, 2.45) is 16.5 Å². The van der Waals surface area contributed by atoms with Crippen molar-refractivity contribution in [1.82, 2.24) is 15.3 Å². The quantitative estimate of drug-likeness (QED) is 0.381. The zero-order valence-electron chi connectivity index (χ0n) is 15.1. The van der Waals surface area contributed by atoms with E-state index in [1.54, 1.807) is 12.2 Å². The highest BCUT2D eigenvalue weighted by atomic mass is 16.2. The number of aromatic nitrogens is 2. The van der Waals surface area contributed by atoms with Crippen molar-refractivity contribution < 1.29 is 4.79 Å². The van der Waals surface area contributed by atoms with Gasteiger partial charge in [0.15, 0.2) is 0 Å². The number of aliphatic imine (C=N–C) groups is 1. The molecule has 0 unspecified atom stereocenters. The number of hydrogen-bond acceptors (Lipinski definition) is 5. The molecule has 2 rings (SSSR count). The number of carbonyl (C=O) groups excluding carboxylic acids is 1. The molecular weight excluding hydrogens is 342 g/mol. The number of nitrogens with two attached hydrogens (primary N) is 2. The molecule has 0 spiro atoms. The number of amides is 2. The molecule has 0 saturated carbocycles. The lowest BCUT2D eigenvalue weighted by Crippen LogP contribution is -2.28. The summed E-state index contributed by atoms with van der Waals surface area (Å²) in [6.45, 7) is 10.1. The summed E-state index contributed by atoms with van der Waals surface area (Å²) in [5.41, 5.74) is 15.1. The molecule has 0 aliphatic carbocycles. The van der Waals surface area contributed by atoms with Gasteiger partial charge in [-0.2, -0.15) is 0 Å². The number of anilines is 1. The van der Waals surface area contributed by atoms with Gasteiger partial charge in [0, 0.05) is 24.5 Å². The van der Waals surface area contributed by atoms with E-state index in [1.807, 2.05) is 19.1 Å². The second-order valence-electron chi connectivity index (χ2n) is 5.42. The van der Waals surface area contributed by atoms with Crippen LogP contribution >= 0.6 is 0 Å². The van der Waals surface area contributed by atoms with Crippen LogP contribution in [0.25, 0.3) is 22.3 Å². The summed E-state index contributed by atoms with van der Waals surface area (Å²) in [5, 5.41) is 5.30. The third kappa shape index (κ3) is 4.63. The van der Waals surface area contributed by atoms with Crippen LogP contribution < -0.4 is 22.1 Å². The monoisotopic (exact) mass is 365 g/mol. The highest BCUT2D eigenvalue weighted by Crippen LogP contribution is 2.29. The number of allylic oxidation sites excluding steroid dienone is 3. The summed E-state index contributed by atoms with van der Waals surface area (Å²) >= 11 is 0. The minimum absolute atomic E-state index is 0.310. The third-order valence-corrected chi connectivity index (χ3v) is 3.63. The Morgan fingerprint density at radius 2 is 2.19 bits per heavy atom. The van der Waals surface area contributed by atoms with Crippen LogP contribution in [0, 0.1) is 0 Å². The molecule has 0 atom stereocenters. The van der Waals surface area contributed by atoms with Crippen molar-refractivity contribution >= 4 is 40.5 Å². The van der Waals surface area contributed by atoms with E-state index in [1.165, 1.54) is 18.6 Å². The van der Waals surface area contributed by atoms with Gasteiger partial charge >= 0.3 is 6.03 Å². The Labute approximate surface area is 157 Å². The predicted molar refractivity (Wildman–Crippen MR) is 112 cm³/mol. The van der Waals surface area contributed by atoms with Crippen LogP contribution in [-0.4, -0.2) is 28.8 Å². The smallest absolute Gasteiger partial charge is 0.321 e. The standard InChI is InChI=1S/C19H23N7O/c1-4-13(11-21)14-9-15(12(3)23-8-6-7-20)17-16(10-14)24-18(25-17)26-19(27)22-5-2/h4,6-11H,1,3,5,20-21H2,2H3,(H3,22,24,25,26,27)/b7-6-,13-11+,23-8-. The maximum atomic E-state index is 11.8. The van der Waals surface area contributed by atoms with Gasteiger partial charge in [0.05, 0.1) is 16.7 Å². The molecule has 0 aliphatic heterocycles. The van der Waals surface area contributed by atoms with Gasteiger partial charge in [0.25, 0.3) is 0 Å². The molecule has 140 valence electrons. The SMILES string of the molecule is C=C/C(=C\N)c1cc(C(=C)/N=C\C=C/N)c2[nH]c(NC(=O)NCC)nc2c1. The minimum atomic E-state index is -0.350. The van der Waals surface area contributed by atoms with Gasteiger partial charge in [0.1, 0.15) is 0 Å². The molecule has 8 heteroatoms. The van der Waals surface area contributed by atoms with Gasteiger partial charge in [-0.3, -0.25) is 10.3 Å². The zero-order valence-corrected chi connectivity index (χ0v) is 15.1. The summed E-state index contributed by atoms with van der Waals surface area (Å²) in [4.78, 5) is 23.6. The van der Waals surface area contributed by atoms with E-state index in [-0.39, 0.29) is 6.03 Å². The van der Waals surface area contributed by atoms with Crippen LogP contribution in [0.2, 0.25) is 0 Å². The molecule has 1 aromatic carbocycles. The molecule has 7 N–H and O–H groups in total. The highest BCUT2D eigenvalue weighted by molar-refractivity contribution is 5.96. The Hall–Kier alpha value is -3.81. The number of benzene rings is 1. The van der Waals surface area contributed by atoms with Gasteiger partial charge < -0.3 is 21.8 Å². The summed E-state index contributed by atoms with van der Waals surface area (Å²) in [6.07, 6.45) is 7.62. The Morgan fingerprint density at radius 1 is 1.41 bits per heavy atom. The summed E-state index contributed by atoms with van der Waals surface area (Å²) in [7, 11) is 0. The number of carbonyl (C=O) groups is 1. The second kappa shape index (κ2) is 9.04. The first kappa shape index (κ1) is 19.5. The first-order chi connectivity index (χ1) is 13.0. The Kier molecular flexibility index (Phi) is 6.54. The van der Waals surface area contributed by atoms with Crippen molar-refractivity contribution in [3.05, 3.63) is 61.0 Å². The number of aromatic amines is 1. The molecule has 0 fully saturated rings. The number of rotatable bonds is 7. The van der Waals surface area contributed by atoms with Crippen molar-refractivity contribution in [3.8, 4) is 0 Å². The lowest BCUT2D eigenvalue weighted by molar-refractivity contribution is 0.252. The molecule has 1 heterocycles. The van der Waals surface area contributed by atoms with Crippen molar-refractivity contribution in [2.75, 3.05) is 11.9 Å². The van der Waals surface area contributed by atoms with E-state index >= 15 is 0 Å². The molecular formula is C19H23N7O. The van der Waals surface area contributed by atoms with Gasteiger partial charge in [-0.15, -0.1) is 0 Å². The van der Waals surface area contributed by atoms with Gasteiger partial charge in [0.2, 0.25) is 5.95 Å². The normalized spacial score (nSPS) is 12.0. The molecule has 0 bridgehead atoms. The van der Waals surface area contributed by atoms with Crippen LogP contribution in [0.1, 0.15) is 18.1 Å². The molecule has 8 nitrogen and oxygen atoms in total. The maximum absolute atomic E-state index is 11.8. The topological polar surface area (TPSA) is 134 Å². The first-order valence-corrected chi connectivity index (χ1v) is 8.27. The van der Waals surface area contributed by atoms with Gasteiger partial charge in [-0.05, 0) is 42.5 Å². The van der Waals surface area contributed by atoms with Crippen molar-refractivity contribution in [2.45, 2.75) is 6.92 Å². The van der Waals surface area contributed by atoms with Crippen molar-refractivity contribution in [3.63, 3.8) is 0 Å². The molecule has 0 radical (unpaired) electrons. The number of H-pyrrole nitrogens is 1. The maximum Gasteiger partial charge on any atom is 0.321 e. The number of imidazole rings is 1. The van der Waals surface area contributed by atoms with Gasteiger partial charge in [-0.1, -0.05) is 19.2 Å². The predicted octanol–water partition coefficient (Wildman–Crippen LogP) is 2.70. The average molecular weight is 365 g/mol. The number of fused-ring (bicyclic) bond motifs is 1. The molecule has 1 aromatic heterocycles. The average Bonchev–Trinajstić information content (AvgIpc) is 3.04. The van der Waals surface area contributed by atoms with Crippen LogP contribution in [0.3, 0.4) is 0 Å². The summed E-state index contributed by atoms with van der Waals surface area (Å²) < 4.78 is 0. The van der Waals surface area contributed by atoms with E-state index in [2.05, 4.69) is 38.8 Å². The lowest BCUT2D eigenvalue weighted by atomic mass is 10.0. The number of hydrogen-bond donors (Lipinski definition) is 5.